The molecule has 114 valence electrons. The van der Waals surface area contributed by atoms with Crippen LogP contribution < -0.4 is 10.2 Å². The second kappa shape index (κ2) is 7.02. The SMILES string of the molecule is CCC(C)(C)N(C)c1nccc(CNCC(C)C)c1F. The van der Waals surface area contributed by atoms with E-state index in [0.717, 1.165) is 13.0 Å². The summed E-state index contributed by atoms with van der Waals surface area (Å²) in [5, 5.41) is 3.27. The summed E-state index contributed by atoms with van der Waals surface area (Å²) in [6, 6.07) is 1.75. The minimum atomic E-state index is -0.215. The van der Waals surface area contributed by atoms with Gasteiger partial charge in [0.15, 0.2) is 11.6 Å². The molecular weight excluding hydrogens is 253 g/mol. The molecule has 0 aliphatic heterocycles. The Morgan fingerprint density at radius 2 is 2.05 bits per heavy atom. The molecule has 0 spiro atoms. The van der Waals surface area contributed by atoms with Crippen molar-refractivity contribution >= 4 is 5.82 Å². The van der Waals surface area contributed by atoms with Crippen LogP contribution in [0.1, 0.15) is 46.6 Å². The van der Waals surface area contributed by atoms with Crippen LogP contribution in [-0.4, -0.2) is 24.1 Å². The highest BCUT2D eigenvalue weighted by atomic mass is 19.1. The van der Waals surface area contributed by atoms with Crippen LogP contribution in [0.4, 0.5) is 10.2 Å². The van der Waals surface area contributed by atoms with Gasteiger partial charge in [-0.15, -0.1) is 0 Å². The zero-order chi connectivity index (χ0) is 15.3. The molecule has 3 nitrogen and oxygen atoms in total. The molecule has 0 unspecified atom stereocenters. The van der Waals surface area contributed by atoms with Gasteiger partial charge in [-0.1, -0.05) is 20.8 Å². The standard InChI is InChI=1S/C16H28FN3/c1-7-16(4,5)20(6)15-14(17)13(8-9-19-15)11-18-10-12(2)3/h8-9,12,18H,7,10-11H2,1-6H3. The van der Waals surface area contributed by atoms with Crippen molar-refractivity contribution in [2.45, 2.75) is 53.1 Å². The lowest BCUT2D eigenvalue weighted by Gasteiger charge is -2.36. The largest absolute Gasteiger partial charge is 0.352 e. The van der Waals surface area contributed by atoms with E-state index in [1.165, 1.54) is 0 Å². The van der Waals surface area contributed by atoms with Crippen molar-refractivity contribution in [3.8, 4) is 0 Å². The fourth-order valence-electron chi connectivity index (χ4n) is 1.86. The van der Waals surface area contributed by atoms with Crippen molar-refractivity contribution < 1.29 is 4.39 Å². The number of hydrogen-bond acceptors (Lipinski definition) is 3. The summed E-state index contributed by atoms with van der Waals surface area (Å²) < 4.78 is 14.6. The molecule has 0 aliphatic rings. The highest BCUT2D eigenvalue weighted by molar-refractivity contribution is 5.44. The van der Waals surface area contributed by atoms with Gasteiger partial charge < -0.3 is 10.2 Å². The average Bonchev–Trinajstić information content (AvgIpc) is 2.39. The monoisotopic (exact) mass is 281 g/mol. The third-order valence-electron chi connectivity index (χ3n) is 3.91. The van der Waals surface area contributed by atoms with Crippen LogP contribution in [-0.2, 0) is 6.54 Å². The third-order valence-corrected chi connectivity index (χ3v) is 3.91. The number of nitrogens with zero attached hydrogens (tertiary/aromatic N) is 2. The van der Waals surface area contributed by atoms with Gasteiger partial charge in [0.25, 0.3) is 0 Å². The second-order valence-corrected chi connectivity index (χ2v) is 6.36. The fraction of sp³-hybridized carbons (Fsp3) is 0.688. The molecule has 1 aromatic heterocycles. The average molecular weight is 281 g/mol. The van der Waals surface area contributed by atoms with Gasteiger partial charge in [-0.2, -0.15) is 0 Å². The molecule has 0 saturated carbocycles. The van der Waals surface area contributed by atoms with Gasteiger partial charge in [-0.25, -0.2) is 9.37 Å². The number of hydrogen-bond donors (Lipinski definition) is 1. The molecule has 0 radical (unpaired) electrons. The summed E-state index contributed by atoms with van der Waals surface area (Å²) in [7, 11) is 1.90. The maximum atomic E-state index is 14.6. The Morgan fingerprint density at radius 1 is 1.40 bits per heavy atom. The Morgan fingerprint density at radius 3 is 2.60 bits per heavy atom. The first-order valence-electron chi connectivity index (χ1n) is 7.37. The maximum Gasteiger partial charge on any atom is 0.170 e. The third kappa shape index (κ3) is 4.17. The molecule has 0 saturated heterocycles. The van der Waals surface area contributed by atoms with Crippen LogP contribution in [0.15, 0.2) is 12.3 Å². The molecule has 4 heteroatoms. The van der Waals surface area contributed by atoms with E-state index in [4.69, 9.17) is 0 Å². The van der Waals surface area contributed by atoms with Crippen LogP contribution in [0, 0.1) is 11.7 Å². The summed E-state index contributed by atoms with van der Waals surface area (Å²) >= 11 is 0. The molecule has 1 heterocycles. The summed E-state index contributed by atoms with van der Waals surface area (Å²) in [5.41, 5.74) is 0.562. The van der Waals surface area contributed by atoms with E-state index in [2.05, 4.69) is 44.9 Å². The molecule has 0 fully saturated rings. The summed E-state index contributed by atoms with van der Waals surface area (Å²) in [4.78, 5) is 6.14. The smallest absolute Gasteiger partial charge is 0.170 e. The van der Waals surface area contributed by atoms with Gasteiger partial charge in [0.1, 0.15) is 0 Å². The molecule has 1 aromatic rings. The number of nitrogens with one attached hydrogen (secondary N) is 1. The number of aromatic nitrogens is 1. The molecule has 20 heavy (non-hydrogen) atoms. The molecule has 1 N–H and O–H groups in total. The number of pyridine rings is 1. The Labute approximate surface area is 122 Å². The Bertz CT molecular complexity index is 430. The minimum Gasteiger partial charge on any atom is -0.352 e. The van der Waals surface area contributed by atoms with E-state index in [1.807, 2.05) is 11.9 Å². The summed E-state index contributed by atoms with van der Waals surface area (Å²) in [6.07, 6.45) is 2.62. The highest BCUT2D eigenvalue weighted by Crippen LogP contribution is 2.26. The lowest BCUT2D eigenvalue weighted by Crippen LogP contribution is -2.41. The molecule has 0 aromatic carbocycles. The Kier molecular flexibility index (Phi) is 5.93. The van der Waals surface area contributed by atoms with Crippen LogP contribution in [0.5, 0.6) is 0 Å². The van der Waals surface area contributed by atoms with Crippen LogP contribution >= 0.6 is 0 Å². The highest BCUT2D eigenvalue weighted by Gasteiger charge is 2.25. The van der Waals surface area contributed by atoms with Crippen LogP contribution in [0.3, 0.4) is 0 Å². The second-order valence-electron chi connectivity index (χ2n) is 6.36. The molecular formula is C16H28FN3. The predicted molar refractivity (Wildman–Crippen MR) is 83.5 cm³/mol. The van der Waals surface area contributed by atoms with Crippen molar-refractivity contribution in [3.05, 3.63) is 23.6 Å². The van der Waals surface area contributed by atoms with Gasteiger partial charge in [0, 0.05) is 30.9 Å². The fourth-order valence-corrected chi connectivity index (χ4v) is 1.86. The van der Waals surface area contributed by atoms with Gasteiger partial charge >= 0.3 is 0 Å². The summed E-state index contributed by atoms with van der Waals surface area (Å²) in [5.74, 6) is 0.773. The number of halogens is 1. The molecule has 1 rings (SSSR count). The van der Waals surface area contributed by atoms with Crippen molar-refractivity contribution in [1.82, 2.24) is 10.3 Å². The Hall–Kier alpha value is -1.16. The topological polar surface area (TPSA) is 28.2 Å². The minimum absolute atomic E-state index is 0.113. The van der Waals surface area contributed by atoms with Crippen molar-refractivity contribution in [1.29, 1.82) is 0 Å². The number of rotatable bonds is 7. The van der Waals surface area contributed by atoms with Gasteiger partial charge in [0.05, 0.1) is 0 Å². The van der Waals surface area contributed by atoms with Crippen LogP contribution in [0.25, 0.3) is 0 Å². The van der Waals surface area contributed by atoms with Crippen LogP contribution in [0.2, 0.25) is 0 Å². The van der Waals surface area contributed by atoms with E-state index in [9.17, 15) is 4.39 Å². The van der Waals surface area contributed by atoms with E-state index in [0.29, 0.717) is 23.8 Å². The molecule has 0 atom stereocenters. The van der Waals surface area contributed by atoms with E-state index < -0.39 is 0 Å². The van der Waals surface area contributed by atoms with E-state index in [1.54, 1.807) is 12.3 Å². The zero-order valence-electron chi connectivity index (χ0n) is 13.6. The first-order chi connectivity index (χ1) is 9.29. The maximum absolute atomic E-state index is 14.6. The van der Waals surface area contributed by atoms with Gasteiger partial charge in [0.2, 0.25) is 0 Å². The zero-order valence-corrected chi connectivity index (χ0v) is 13.6. The lowest BCUT2D eigenvalue weighted by atomic mass is 10.00. The molecule has 0 bridgehead atoms. The van der Waals surface area contributed by atoms with Gasteiger partial charge in [-0.05, 0) is 38.8 Å². The molecule has 0 aliphatic carbocycles. The number of anilines is 1. The normalized spacial score (nSPS) is 12.0. The van der Waals surface area contributed by atoms with Crippen molar-refractivity contribution in [2.75, 3.05) is 18.5 Å². The predicted octanol–water partition coefficient (Wildman–Crippen LogP) is 3.59. The first kappa shape index (κ1) is 16.9. The lowest BCUT2D eigenvalue weighted by molar-refractivity contribution is 0.455. The Balaban J connectivity index is 2.89. The van der Waals surface area contributed by atoms with E-state index in [-0.39, 0.29) is 11.4 Å². The summed E-state index contributed by atoms with van der Waals surface area (Å²) in [6.45, 7) is 12.0. The van der Waals surface area contributed by atoms with Crippen molar-refractivity contribution in [2.24, 2.45) is 5.92 Å². The molecule has 0 amide bonds. The van der Waals surface area contributed by atoms with Gasteiger partial charge in [-0.3, -0.25) is 0 Å². The quantitative estimate of drug-likeness (QED) is 0.828. The van der Waals surface area contributed by atoms with E-state index >= 15 is 0 Å². The van der Waals surface area contributed by atoms with Crippen molar-refractivity contribution in [3.63, 3.8) is 0 Å². The first-order valence-corrected chi connectivity index (χ1v) is 7.37.